The third kappa shape index (κ3) is 8.48. The maximum absolute atomic E-state index is 12.3. The number of aliphatic imine (C=N–C) groups is 1. The van der Waals surface area contributed by atoms with Crippen LogP contribution in [-0.4, -0.2) is 56.2 Å². The van der Waals surface area contributed by atoms with Crippen LogP contribution in [0.1, 0.15) is 46.8 Å². The van der Waals surface area contributed by atoms with Gasteiger partial charge in [0.15, 0.2) is 5.96 Å². The van der Waals surface area contributed by atoms with Crippen LogP contribution in [0.25, 0.3) is 0 Å². The van der Waals surface area contributed by atoms with Gasteiger partial charge < -0.3 is 25.4 Å². The van der Waals surface area contributed by atoms with Crippen LogP contribution >= 0.6 is 24.0 Å². The number of benzene rings is 1. The Morgan fingerprint density at radius 2 is 1.87 bits per heavy atom. The van der Waals surface area contributed by atoms with Crippen molar-refractivity contribution in [2.45, 2.75) is 39.8 Å². The highest BCUT2D eigenvalue weighted by atomic mass is 127. The molecule has 1 heterocycles. The molecule has 0 saturated carbocycles. The van der Waals surface area contributed by atoms with E-state index in [0.29, 0.717) is 31.2 Å². The average Bonchev–Trinajstić information content (AvgIpc) is 3.15. The van der Waals surface area contributed by atoms with Gasteiger partial charge in [-0.15, -0.1) is 24.0 Å². The molecule has 0 bridgehead atoms. The molecule has 0 aliphatic rings. The highest BCUT2D eigenvalue weighted by Gasteiger charge is 2.13. The molecule has 0 radical (unpaired) electrons. The van der Waals surface area contributed by atoms with Gasteiger partial charge in [-0.1, -0.05) is 31.1 Å². The lowest BCUT2D eigenvalue weighted by Crippen LogP contribution is -2.36. The van der Waals surface area contributed by atoms with Gasteiger partial charge >= 0.3 is 0 Å². The summed E-state index contributed by atoms with van der Waals surface area (Å²) in [5.74, 6) is 1.52. The van der Waals surface area contributed by atoms with Gasteiger partial charge in [-0.2, -0.15) is 0 Å². The molecule has 8 nitrogen and oxygen atoms in total. The van der Waals surface area contributed by atoms with Crippen molar-refractivity contribution in [2.24, 2.45) is 4.99 Å². The third-order valence-electron chi connectivity index (χ3n) is 4.76. The normalized spacial score (nSPS) is 11.2. The highest BCUT2D eigenvalue weighted by molar-refractivity contribution is 14.0. The number of carbonyl (C=O) groups is 1. The molecule has 1 aromatic carbocycles. The molecule has 0 aliphatic heterocycles. The summed E-state index contributed by atoms with van der Waals surface area (Å²) in [5, 5.41) is 13.7. The van der Waals surface area contributed by atoms with Gasteiger partial charge in [-0.25, -0.2) is 0 Å². The quantitative estimate of drug-likeness (QED) is 0.243. The minimum absolute atomic E-state index is 0. The predicted octanol–water partition coefficient (Wildman–Crippen LogP) is 2.57. The third-order valence-corrected chi connectivity index (χ3v) is 4.76. The van der Waals surface area contributed by atoms with Crippen LogP contribution in [0.3, 0.4) is 0 Å². The van der Waals surface area contributed by atoms with E-state index >= 15 is 0 Å². The molecule has 0 fully saturated rings. The van der Waals surface area contributed by atoms with Crippen molar-refractivity contribution >= 4 is 35.8 Å². The van der Waals surface area contributed by atoms with Gasteiger partial charge in [-0.3, -0.25) is 9.79 Å². The van der Waals surface area contributed by atoms with E-state index in [1.54, 1.807) is 7.05 Å². The Labute approximate surface area is 202 Å². The molecule has 1 aromatic heterocycles. The number of guanidine groups is 1. The summed E-state index contributed by atoms with van der Waals surface area (Å²) in [4.78, 5) is 18.6. The number of halogens is 1. The van der Waals surface area contributed by atoms with Crippen LogP contribution in [0.5, 0.6) is 0 Å². The van der Waals surface area contributed by atoms with Crippen molar-refractivity contribution in [3.8, 4) is 0 Å². The van der Waals surface area contributed by atoms with Gasteiger partial charge in [0.25, 0.3) is 5.91 Å². The fourth-order valence-electron chi connectivity index (χ4n) is 3.03. The number of hydrogen-bond acceptors (Lipinski definition) is 5. The lowest BCUT2D eigenvalue weighted by molar-refractivity contribution is 0.0951. The molecule has 2 rings (SSSR count). The molecule has 0 saturated heterocycles. The van der Waals surface area contributed by atoms with Crippen LogP contribution in [0, 0.1) is 0 Å². The fourth-order valence-corrected chi connectivity index (χ4v) is 3.03. The Balaban J connectivity index is 0.00000480. The SMILES string of the molecule is CCc1noc(CC)c1CNC(=NC)NCc1cccc(C(=O)NCCN(C)C)c1.I. The Morgan fingerprint density at radius 1 is 1.13 bits per heavy atom. The maximum Gasteiger partial charge on any atom is 0.251 e. The predicted molar refractivity (Wildman–Crippen MR) is 135 cm³/mol. The van der Waals surface area contributed by atoms with Gasteiger partial charge in [0, 0.05) is 50.8 Å². The van der Waals surface area contributed by atoms with Crippen molar-refractivity contribution in [3.63, 3.8) is 0 Å². The summed E-state index contributed by atoms with van der Waals surface area (Å²) in [6.45, 7) is 6.71. The molecule has 172 valence electrons. The van der Waals surface area contributed by atoms with Crippen molar-refractivity contribution in [2.75, 3.05) is 34.2 Å². The Morgan fingerprint density at radius 3 is 2.52 bits per heavy atom. The van der Waals surface area contributed by atoms with Crippen molar-refractivity contribution in [3.05, 3.63) is 52.4 Å². The second-order valence-corrected chi connectivity index (χ2v) is 7.28. The summed E-state index contributed by atoms with van der Waals surface area (Å²) < 4.78 is 5.42. The van der Waals surface area contributed by atoms with Crippen LogP contribution in [0.2, 0.25) is 0 Å². The maximum atomic E-state index is 12.3. The van der Waals surface area contributed by atoms with Gasteiger partial charge in [0.05, 0.1) is 5.69 Å². The van der Waals surface area contributed by atoms with E-state index in [1.807, 2.05) is 43.3 Å². The zero-order valence-corrected chi connectivity index (χ0v) is 21.4. The molecule has 31 heavy (non-hydrogen) atoms. The Hall–Kier alpha value is -2.14. The molecule has 0 unspecified atom stereocenters. The number of aryl methyl sites for hydroxylation is 2. The summed E-state index contributed by atoms with van der Waals surface area (Å²) in [6, 6.07) is 7.61. The number of rotatable bonds is 10. The summed E-state index contributed by atoms with van der Waals surface area (Å²) in [7, 11) is 5.70. The molecule has 3 N–H and O–H groups in total. The number of hydrogen-bond donors (Lipinski definition) is 3. The molecule has 0 aliphatic carbocycles. The second kappa shape index (κ2) is 14.0. The molecule has 9 heteroatoms. The molecular weight excluding hydrogens is 507 g/mol. The van der Waals surface area contributed by atoms with E-state index in [0.717, 1.165) is 42.0 Å². The summed E-state index contributed by atoms with van der Waals surface area (Å²) in [5.41, 5.74) is 3.73. The molecular formula is C22H35IN6O2. The average molecular weight is 542 g/mol. The zero-order valence-electron chi connectivity index (χ0n) is 19.1. The van der Waals surface area contributed by atoms with Crippen molar-refractivity contribution in [1.82, 2.24) is 26.0 Å². The van der Waals surface area contributed by atoms with Crippen molar-refractivity contribution in [1.29, 1.82) is 0 Å². The largest absolute Gasteiger partial charge is 0.361 e. The van der Waals surface area contributed by atoms with Crippen LogP contribution in [-0.2, 0) is 25.9 Å². The van der Waals surface area contributed by atoms with Crippen LogP contribution in [0.4, 0.5) is 0 Å². The van der Waals surface area contributed by atoms with E-state index in [4.69, 9.17) is 4.52 Å². The topological polar surface area (TPSA) is 94.8 Å². The number of likely N-dealkylation sites (N-methyl/N-ethyl adjacent to an activating group) is 1. The first-order valence-electron chi connectivity index (χ1n) is 10.4. The minimum Gasteiger partial charge on any atom is -0.361 e. The van der Waals surface area contributed by atoms with Crippen molar-refractivity contribution < 1.29 is 9.32 Å². The smallest absolute Gasteiger partial charge is 0.251 e. The van der Waals surface area contributed by atoms with E-state index in [1.165, 1.54) is 0 Å². The standard InChI is InChI=1S/C22H34N6O2.HI/c1-6-19-18(20(7-2)30-27-19)15-26-22(23-3)25-14-16-9-8-10-17(13-16)21(29)24-11-12-28(4)5;/h8-10,13H,6-7,11-12,14-15H2,1-5H3,(H,24,29)(H2,23,25,26);1H. The van der Waals surface area contributed by atoms with E-state index in [-0.39, 0.29) is 29.9 Å². The van der Waals surface area contributed by atoms with Crippen LogP contribution in [0.15, 0.2) is 33.8 Å². The monoisotopic (exact) mass is 542 g/mol. The minimum atomic E-state index is -0.0622. The Kier molecular flexibility index (Phi) is 12.2. The molecule has 0 atom stereocenters. The summed E-state index contributed by atoms with van der Waals surface area (Å²) in [6.07, 6.45) is 1.63. The van der Waals surface area contributed by atoms with Gasteiger partial charge in [0.2, 0.25) is 0 Å². The first-order chi connectivity index (χ1) is 14.5. The Bertz CT molecular complexity index is 829. The van der Waals surface area contributed by atoms with Crippen LogP contribution < -0.4 is 16.0 Å². The summed E-state index contributed by atoms with van der Waals surface area (Å²) >= 11 is 0. The number of amides is 1. The van der Waals surface area contributed by atoms with E-state index < -0.39 is 0 Å². The first kappa shape index (κ1) is 26.9. The number of carbonyl (C=O) groups excluding carboxylic acids is 1. The number of aromatic nitrogens is 1. The molecule has 0 spiro atoms. The zero-order chi connectivity index (χ0) is 21.9. The number of nitrogens with zero attached hydrogens (tertiary/aromatic N) is 3. The van der Waals surface area contributed by atoms with E-state index in [2.05, 4.69) is 39.9 Å². The van der Waals surface area contributed by atoms with E-state index in [9.17, 15) is 4.79 Å². The van der Waals surface area contributed by atoms with Gasteiger partial charge in [0.1, 0.15) is 5.76 Å². The molecule has 2 aromatic rings. The fraction of sp³-hybridized carbons (Fsp3) is 0.500. The second-order valence-electron chi connectivity index (χ2n) is 7.28. The first-order valence-corrected chi connectivity index (χ1v) is 10.4. The molecule has 1 amide bonds. The number of nitrogens with one attached hydrogen (secondary N) is 3. The lowest BCUT2D eigenvalue weighted by atomic mass is 10.1. The lowest BCUT2D eigenvalue weighted by Gasteiger charge is -2.13. The highest BCUT2D eigenvalue weighted by Crippen LogP contribution is 2.15. The van der Waals surface area contributed by atoms with Gasteiger partial charge in [-0.05, 0) is 38.2 Å².